The highest BCUT2D eigenvalue weighted by atomic mass is 16.4. The van der Waals surface area contributed by atoms with E-state index >= 15 is 0 Å². The molecule has 0 aliphatic carbocycles. The second-order valence-corrected chi connectivity index (χ2v) is 3.14. The number of aromatic nitrogens is 4. The molecule has 0 amide bonds. The van der Waals surface area contributed by atoms with Gasteiger partial charge in [-0.2, -0.15) is 5.10 Å². The molecule has 0 saturated heterocycles. The van der Waals surface area contributed by atoms with Crippen molar-refractivity contribution in [2.45, 2.75) is 6.92 Å². The SMILES string of the molecule is Cc1nccc(-n2cc(N)c(C(=O)O)n2)n1. The Kier molecular flexibility index (Phi) is 2.28. The van der Waals surface area contributed by atoms with Crippen LogP contribution in [0.4, 0.5) is 5.69 Å². The highest BCUT2D eigenvalue weighted by Gasteiger charge is 2.14. The Morgan fingerprint density at radius 2 is 2.31 bits per heavy atom. The first-order valence-corrected chi connectivity index (χ1v) is 4.46. The molecule has 7 heteroatoms. The number of nitrogens with two attached hydrogens (primary N) is 1. The largest absolute Gasteiger partial charge is 0.476 e. The maximum absolute atomic E-state index is 10.7. The van der Waals surface area contributed by atoms with Crippen LogP contribution in [0.1, 0.15) is 16.3 Å². The summed E-state index contributed by atoms with van der Waals surface area (Å²) in [5.41, 5.74) is 5.43. The Labute approximate surface area is 90.6 Å². The fourth-order valence-corrected chi connectivity index (χ4v) is 1.24. The summed E-state index contributed by atoms with van der Waals surface area (Å²) in [7, 11) is 0. The monoisotopic (exact) mass is 219 g/mol. The first-order valence-electron chi connectivity index (χ1n) is 4.46. The Morgan fingerprint density at radius 3 is 2.88 bits per heavy atom. The molecule has 0 spiro atoms. The van der Waals surface area contributed by atoms with Gasteiger partial charge in [0.2, 0.25) is 0 Å². The van der Waals surface area contributed by atoms with Crippen LogP contribution in [0.2, 0.25) is 0 Å². The molecule has 0 bridgehead atoms. The predicted octanol–water partition coefficient (Wildman–Crippen LogP) is 0.251. The van der Waals surface area contributed by atoms with Crippen molar-refractivity contribution in [3.8, 4) is 5.82 Å². The van der Waals surface area contributed by atoms with Crippen LogP contribution in [0.5, 0.6) is 0 Å². The summed E-state index contributed by atoms with van der Waals surface area (Å²) in [5.74, 6) is -0.114. The highest BCUT2D eigenvalue weighted by Crippen LogP contribution is 2.12. The van der Waals surface area contributed by atoms with E-state index in [0.717, 1.165) is 0 Å². The van der Waals surface area contributed by atoms with Gasteiger partial charge in [-0.15, -0.1) is 0 Å². The van der Waals surface area contributed by atoms with Crippen molar-refractivity contribution >= 4 is 11.7 Å². The molecular formula is C9H9N5O2. The number of anilines is 1. The summed E-state index contributed by atoms with van der Waals surface area (Å²) in [6.45, 7) is 1.73. The molecule has 2 aromatic rings. The zero-order valence-corrected chi connectivity index (χ0v) is 8.45. The van der Waals surface area contributed by atoms with Crippen LogP contribution in [-0.4, -0.2) is 30.8 Å². The standard InChI is InChI=1S/C9H9N5O2/c1-5-11-3-2-7(12-5)14-4-6(10)8(13-14)9(15)16/h2-4H,10H2,1H3,(H,15,16). The highest BCUT2D eigenvalue weighted by molar-refractivity contribution is 5.91. The van der Waals surface area contributed by atoms with Crippen LogP contribution in [0, 0.1) is 6.92 Å². The Morgan fingerprint density at radius 1 is 1.56 bits per heavy atom. The lowest BCUT2D eigenvalue weighted by molar-refractivity contribution is 0.0691. The lowest BCUT2D eigenvalue weighted by Gasteiger charge is -1.99. The van der Waals surface area contributed by atoms with Crippen LogP contribution in [-0.2, 0) is 0 Å². The lowest BCUT2D eigenvalue weighted by Crippen LogP contribution is -2.04. The number of hydrogen-bond donors (Lipinski definition) is 2. The summed E-state index contributed by atoms with van der Waals surface area (Å²) >= 11 is 0. The Bertz CT molecular complexity index is 549. The molecule has 16 heavy (non-hydrogen) atoms. The third kappa shape index (κ3) is 1.70. The maximum atomic E-state index is 10.7. The van der Waals surface area contributed by atoms with Gasteiger partial charge >= 0.3 is 5.97 Å². The van der Waals surface area contributed by atoms with Crippen molar-refractivity contribution in [1.82, 2.24) is 19.7 Å². The first kappa shape index (κ1) is 10.1. The Balaban J connectivity index is 2.49. The molecule has 0 aliphatic rings. The van der Waals surface area contributed by atoms with Gasteiger partial charge < -0.3 is 10.8 Å². The van der Waals surface area contributed by atoms with Gasteiger partial charge in [-0.25, -0.2) is 19.4 Å². The van der Waals surface area contributed by atoms with Crippen LogP contribution < -0.4 is 5.73 Å². The van der Waals surface area contributed by atoms with Gasteiger partial charge in [0, 0.05) is 12.3 Å². The number of nitrogen functional groups attached to an aromatic ring is 1. The molecule has 0 saturated carbocycles. The summed E-state index contributed by atoms with van der Waals surface area (Å²) in [4.78, 5) is 18.8. The molecule has 2 heterocycles. The molecule has 0 fully saturated rings. The van der Waals surface area contributed by atoms with E-state index in [9.17, 15) is 4.79 Å². The number of nitrogens with zero attached hydrogens (tertiary/aromatic N) is 4. The van der Waals surface area contributed by atoms with Crippen molar-refractivity contribution in [1.29, 1.82) is 0 Å². The second kappa shape index (κ2) is 3.61. The normalized spacial score (nSPS) is 10.3. The van der Waals surface area contributed by atoms with Gasteiger partial charge in [0.05, 0.1) is 11.9 Å². The van der Waals surface area contributed by atoms with Crippen LogP contribution in [0.15, 0.2) is 18.5 Å². The van der Waals surface area contributed by atoms with Gasteiger partial charge in [-0.05, 0) is 6.92 Å². The predicted molar refractivity (Wildman–Crippen MR) is 55.3 cm³/mol. The fourth-order valence-electron chi connectivity index (χ4n) is 1.24. The van der Waals surface area contributed by atoms with Gasteiger partial charge in [0.15, 0.2) is 11.5 Å². The quantitative estimate of drug-likeness (QED) is 0.749. The van der Waals surface area contributed by atoms with Crippen molar-refractivity contribution in [3.63, 3.8) is 0 Å². The van der Waals surface area contributed by atoms with E-state index in [1.165, 1.54) is 10.9 Å². The lowest BCUT2D eigenvalue weighted by atomic mass is 10.4. The van der Waals surface area contributed by atoms with E-state index in [1.807, 2.05) is 0 Å². The number of carbonyl (C=O) groups is 1. The second-order valence-electron chi connectivity index (χ2n) is 3.14. The number of aryl methyl sites for hydroxylation is 1. The summed E-state index contributed by atoms with van der Waals surface area (Å²) < 4.78 is 1.31. The molecular weight excluding hydrogens is 210 g/mol. The molecule has 7 nitrogen and oxygen atoms in total. The van der Waals surface area contributed by atoms with Gasteiger partial charge in [-0.3, -0.25) is 0 Å². The number of carboxylic acid groups (broad SMARTS) is 1. The van der Waals surface area contributed by atoms with Crippen LogP contribution >= 0.6 is 0 Å². The van der Waals surface area contributed by atoms with Gasteiger partial charge in [-0.1, -0.05) is 0 Å². The Hall–Kier alpha value is -2.44. The maximum Gasteiger partial charge on any atom is 0.358 e. The van der Waals surface area contributed by atoms with Crippen molar-refractivity contribution in [3.05, 3.63) is 30.0 Å². The molecule has 0 unspecified atom stereocenters. The summed E-state index contributed by atoms with van der Waals surface area (Å²) in [6, 6.07) is 1.62. The molecule has 2 rings (SSSR count). The minimum absolute atomic E-state index is 0.101. The third-order valence-electron chi connectivity index (χ3n) is 1.94. The fraction of sp³-hybridized carbons (Fsp3) is 0.111. The van der Waals surface area contributed by atoms with E-state index in [0.29, 0.717) is 11.6 Å². The van der Waals surface area contributed by atoms with Crippen molar-refractivity contribution in [2.75, 3.05) is 5.73 Å². The van der Waals surface area contributed by atoms with Gasteiger partial charge in [0.25, 0.3) is 0 Å². The van der Waals surface area contributed by atoms with Crippen LogP contribution in [0.3, 0.4) is 0 Å². The smallest absolute Gasteiger partial charge is 0.358 e. The summed E-state index contributed by atoms with van der Waals surface area (Å²) in [6.07, 6.45) is 2.97. The van der Waals surface area contributed by atoms with Gasteiger partial charge in [0.1, 0.15) is 5.82 Å². The number of aromatic carboxylic acids is 1. The average molecular weight is 219 g/mol. The minimum atomic E-state index is -1.16. The first-order chi connectivity index (χ1) is 7.58. The minimum Gasteiger partial charge on any atom is -0.476 e. The van der Waals surface area contributed by atoms with Crippen LogP contribution in [0.25, 0.3) is 5.82 Å². The van der Waals surface area contributed by atoms with E-state index < -0.39 is 5.97 Å². The average Bonchev–Trinajstić information content (AvgIpc) is 2.60. The molecule has 0 radical (unpaired) electrons. The molecule has 0 atom stereocenters. The zero-order chi connectivity index (χ0) is 11.7. The van der Waals surface area contributed by atoms with E-state index in [1.54, 1.807) is 19.2 Å². The zero-order valence-electron chi connectivity index (χ0n) is 8.45. The van der Waals surface area contributed by atoms with E-state index in [4.69, 9.17) is 10.8 Å². The molecule has 82 valence electrons. The third-order valence-corrected chi connectivity index (χ3v) is 1.94. The number of rotatable bonds is 2. The number of hydrogen-bond acceptors (Lipinski definition) is 5. The van der Waals surface area contributed by atoms with Crippen molar-refractivity contribution < 1.29 is 9.90 Å². The van der Waals surface area contributed by atoms with E-state index in [2.05, 4.69) is 15.1 Å². The molecule has 2 aromatic heterocycles. The van der Waals surface area contributed by atoms with Crippen molar-refractivity contribution in [2.24, 2.45) is 0 Å². The number of carboxylic acids is 1. The molecule has 0 aromatic carbocycles. The molecule has 0 aliphatic heterocycles. The summed E-state index contributed by atoms with van der Waals surface area (Å²) in [5, 5.41) is 12.6. The molecule has 3 N–H and O–H groups in total. The van der Waals surface area contributed by atoms with E-state index in [-0.39, 0.29) is 11.4 Å². The topological polar surface area (TPSA) is 107 Å².